The van der Waals surface area contributed by atoms with Crippen molar-refractivity contribution in [1.82, 2.24) is 0 Å². The molecule has 5 nitrogen and oxygen atoms in total. The highest BCUT2D eigenvalue weighted by Crippen LogP contribution is 2.39. The molecule has 1 aliphatic carbocycles. The molecule has 34 heavy (non-hydrogen) atoms. The van der Waals surface area contributed by atoms with Crippen LogP contribution in [0.5, 0.6) is 0 Å². The number of benzene rings is 1. The molecule has 7 heteroatoms. The van der Waals surface area contributed by atoms with Crippen LogP contribution in [-0.4, -0.2) is 45.5 Å². The van der Waals surface area contributed by atoms with Gasteiger partial charge in [0.15, 0.2) is 0 Å². The van der Waals surface area contributed by atoms with Crippen molar-refractivity contribution in [2.45, 2.75) is 89.1 Å². The van der Waals surface area contributed by atoms with E-state index in [2.05, 4.69) is 0 Å². The first-order valence-electron chi connectivity index (χ1n) is 12.2. The van der Waals surface area contributed by atoms with E-state index in [1.807, 2.05) is 49.4 Å². The van der Waals surface area contributed by atoms with Gasteiger partial charge in [0.05, 0.1) is 18.8 Å². The van der Waals surface area contributed by atoms with Crippen LogP contribution >= 0.6 is 0 Å². The van der Waals surface area contributed by atoms with Gasteiger partial charge in [0.25, 0.3) is 5.92 Å². The highest BCUT2D eigenvalue weighted by Gasteiger charge is 2.42. The molecule has 0 aromatic heterocycles. The van der Waals surface area contributed by atoms with Gasteiger partial charge < -0.3 is 20.1 Å². The normalized spacial score (nSPS) is 24.3. The summed E-state index contributed by atoms with van der Waals surface area (Å²) in [5.41, 5.74) is 0.979. The van der Waals surface area contributed by atoms with Crippen molar-refractivity contribution in [3.05, 3.63) is 60.2 Å². The van der Waals surface area contributed by atoms with E-state index in [9.17, 15) is 23.8 Å². The minimum atomic E-state index is -3.20. The summed E-state index contributed by atoms with van der Waals surface area (Å²) in [6.45, 7) is 2.17. The van der Waals surface area contributed by atoms with E-state index in [0.717, 1.165) is 11.6 Å². The van der Waals surface area contributed by atoms with Crippen molar-refractivity contribution >= 4 is 5.97 Å². The van der Waals surface area contributed by atoms with Crippen LogP contribution in [0.1, 0.15) is 63.9 Å². The zero-order chi connectivity index (χ0) is 25.0. The third-order valence-corrected chi connectivity index (χ3v) is 6.35. The molecule has 2 rings (SSSR count). The predicted molar refractivity (Wildman–Crippen MR) is 127 cm³/mol. The van der Waals surface area contributed by atoms with Gasteiger partial charge in [0.2, 0.25) is 0 Å². The van der Waals surface area contributed by atoms with Gasteiger partial charge in [-0.3, -0.25) is 4.79 Å². The van der Waals surface area contributed by atoms with Crippen LogP contribution in [0.3, 0.4) is 0 Å². The Labute approximate surface area is 201 Å². The minimum Gasteiger partial charge on any atom is -0.481 e. The number of aliphatic hydroxyl groups excluding tert-OH is 2. The van der Waals surface area contributed by atoms with Crippen molar-refractivity contribution in [2.24, 2.45) is 11.8 Å². The number of aliphatic carboxylic acids is 1. The average Bonchev–Trinajstić information content (AvgIpc) is 3.11. The molecule has 0 spiro atoms. The van der Waals surface area contributed by atoms with Gasteiger partial charge in [-0.25, -0.2) is 8.78 Å². The maximum Gasteiger partial charge on any atom is 0.303 e. The second kappa shape index (κ2) is 14.3. The monoisotopic (exact) mass is 480 g/mol. The third kappa shape index (κ3) is 9.28. The van der Waals surface area contributed by atoms with E-state index in [-0.39, 0.29) is 30.8 Å². The molecule has 3 N–H and O–H groups in total. The third-order valence-electron chi connectivity index (χ3n) is 6.35. The molecule has 5 atom stereocenters. The lowest BCUT2D eigenvalue weighted by atomic mass is 9.89. The van der Waals surface area contributed by atoms with Gasteiger partial charge in [-0.05, 0) is 37.2 Å². The zero-order valence-electron chi connectivity index (χ0n) is 19.9. The predicted octanol–water partition coefficient (Wildman–Crippen LogP) is 5.51. The molecule has 0 amide bonds. The van der Waals surface area contributed by atoms with Crippen molar-refractivity contribution in [2.75, 3.05) is 0 Å². The molecule has 1 aromatic rings. The second-order valence-electron chi connectivity index (χ2n) is 9.07. The molecule has 1 saturated carbocycles. The second-order valence-corrected chi connectivity index (χ2v) is 9.07. The Morgan fingerprint density at radius 3 is 2.65 bits per heavy atom. The van der Waals surface area contributed by atoms with Crippen LogP contribution in [0, 0.1) is 11.8 Å². The van der Waals surface area contributed by atoms with Crippen molar-refractivity contribution in [3.63, 3.8) is 0 Å². The number of aliphatic hydroxyl groups is 2. The Balaban J connectivity index is 2.08. The van der Waals surface area contributed by atoms with Crippen molar-refractivity contribution in [3.8, 4) is 0 Å². The smallest absolute Gasteiger partial charge is 0.303 e. The van der Waals surface area contributed by atoms with E-state index in [0.29, 0.717) is 45.1 Å². The Bertz CT molecular complexity index is 780. The molecule has 0 heterocycles. The van der Waals surface area contributed by atoms with Crippen LogP contribution in [0.4, 0.5) is 8.78 Å². The molecule has 1 aromatic carbocycles. The number of carbonyl (C=O) groups is 1. The number of allylic oxidation sites excluding steroid dienone is 2. The molecule has 0 aliphatic heterocycles. The fourth-order valence-corrected chi connectivity index (χ4v) is 4.32. The summed E-state index contributed by atoms with van der Waals surface area (Å²) in [5.74, 6) is -4.62. The first-order chi connectivity index (χ1) is 16.2. The molecule has 190 valence electrons. The highest BCUT2D eigenvalue weighted by molar-refractivity contribution is 5.66. The largest absolute Gasteiger partial charge is 0.481 e. The number of unbranched alkanes of at least 4 members (excludes halogenated alkanes) is 2. The van der Waals surface area contributed by atoms with Crippen LogP contribution in [-0.2, 0) is 16.1 Å². The molecule has 0 saturated heterocycles. The minimum absolute atomic E-state index is 0.0985. The molecule has 0 radical (unpaired) electrons. The van der Waals surface area contributed by atoms with Crippen LogP contribution in [0.2, 0.25) is 0 Å². The fraction of sp³-hybridized carbons (Fsp3) is 0.593. The number of carboxylic acids is 1. The summed E-state index contributed by atoms with van der Waals surface area (Å²) in [5, 5.41) is 29.6. The first kappa shape index (κ1) is 28.1. The average molecular weight is 481 g/mol. The van der Waals surface area contributed by atoms with Gasteiger partial charge in [0.1, 0.15) is 6.10 Å². The van der Waals surface area contributed by atoms with Gasteiger partial charge in [0, 0.05) is 25.2 Å². The lowest BCUT2D eigenvalue weighted by Crippen LogP contribution is -2.32. The topological polar surface area (TPSA) is 87.0 Å². The number of alkyl halides is 2. The summed E-state index contributed by atoms with van der Waals surface area (Å²) in [4.78, 5) is 10.6. The summed E-state index contributed by atoms with van der Waals surface area (Å²) in [6.07, 6.45) is 6.32. The summed E-state index contributed by atoms with van der Waals surface area (Å²) < 4.78 is 34.6. The van der Waals surface area contributed by atoms with Crippen LogP contribution in [0.25, 0.3) is 0 Å². The van der Waals surface area contributed by atoms with Crippen molar-refractivity contribution in [1.29, 1.82) is 0 Å². The van der Waals surface area contributed by atoms with Gasteiger partial charge >= 0.3 is 5.97 Å². The quantitative estimate of drug-likeness (QED) is 0.228. The number of halogens is 2. The maximum absolute atomic E-state index is 14.3. The van der Waals surface area contributed by atoms with Gasteiger partial charge in [-0.2, -0.15) is 0 Å². The van der Waals surface area contributed by atoms with E-state index < -0.39 is 24.1 Å². The summed E-state index contributed by atoms with van der Waals surface area (Å²) in [6, 6.07) is 9.60. The molecule has 0 bridgehead atoms. The zero-order valence-corrected chi connectivity index (χ0v) is 19.9. The number of ether oxygens (including phenoxy) is 1. The maximum atomic E-state index is 14.3. The lowest BCUT2D eigenvalue weighted by Gasteiger charge is -2.24. The molecule has 1 unspecified atom stereocenters. The number of carboxylic acid groups (broad SMARTS) is 1. The summed E-state index contributed by atoms with van der Waals surface area (Å²) in [7, 11) is 0. The first-order valence-corrected chi connectivity index (χ1v) is 12.2. The van der Waals surface area contributed by atoms with Crippen LogP contribution < -0.4 is 0 Å². The lowest BCUT2D eigenvalue weighted by molar-refractivity contribution is -0.137. The van der Waals surface area contributed by atoms with E-state index in [4.69, 9.17) is 9.84 Å². The molecular weight excluding hydrogens is 442 g/mol. The van der Waals surface area contributed by atoms with Gasteiger partial charge in [-0.1, -0.05) is 68.0 Å². The van der Waals surface area contributed by atoms with Crippen LogP contribution in [0.15, 0.2) is 54.6 Å². The number of hydrogen-bond acceptors (Lipinski definition) is 4. The highest BCUT2D eigenvalue weighted by atomic mass is 19.3. The standard InChI is InChI=1S/C27H38F2O5/c1-2-3-17-27(28,29)25(31)16-15-22-21(13-9-4-5-10-14-26(32)33)23(30)18-24(22)34-19-20-11-7-6-8-12-20/h4,6-9,11-12,15-16,21-25,30-31H,2-3,5,10,13-14,17-19H2,1H3,(H,32,33)/b9-4-,16-15+/t21-,22-,23+,24-,25?/m1/s1. The Kier molecular flexibility index (Phi) is 11.9. The Morgan fingerprint density at radius 1 is 1.24 bits per heavy atom. The Morgan fingerprint density at radius 2 is 1.97 bits per heavy atom. The van der Waals surface area contributed by atoms with Gasteiger partial charge in [-0.15, -0.1) is 0 Å². The fourth-order valence-electron chi connectivity index (χ4n) is 4.32. The number of rotatable bonds is 15. The molecule has 1 aliphatic rings. The van der Waals surface area contributed by atoms with Crippen molar-refractivity contribution < 1.29 is 33.6 Å². The Hall–Kier alpha value is -2.09. The van der Waals surface area contributed by atoms with E-state index >= 15 is 0 Å². The van der Waals surface area contributed by atoms with E-state index in [1.54, 1.807) is 6.08 Å². The van der Waals surface area contributed by atoms with E-state index in [1.165, 1.54) is 0 Å². The SMILES string of the molecule is CCCCC(F)(F)C(O)/C=C/[C@@H]1[C@@H](C/C=C\CCCC(=O)O)[C@@H](O)C[C@H]1OCc1ccccc1. The molecular formula is C27H38F2O5. The number of hydrogen-bond donors (Lipinski definition) is 3. The summed E-state index contributed by atoms with van der Waals surface area (Å²) >= 11 is 0. The molecule has 1 fully saturated rings.